The van der Waals surface area contributed by atoms with Gasteiger partial charge in [0, 0.05) is 27.9 Å². The maximum Gasteiger partial charge on any atom is 0.355 e. The number of esters is 2. The first kappa shape index (κ1) is 20.4. The molecule has 29 heavy (non-hydrogen) atoms. The van der Waals surface area contributed by atoms with E-state index in [1.54, 1.807) is 27.7 Å². The van der Waals surface area contributed by atoms with Gasteiger partial charge in [-0.25, -0.2) is 9.59 Å². The van der Waals surface area contributed by atoms with Crippen molar-refractivity contribution in [3.8, 4) is 0 Å². The molecule has 0 amide bonds. The molecule has 2 aromatic heterocycles. The number of benzene rings is 1. The lowest BCUT2D eigenvalue weighted by Gasteiger charge is -2.13. The topological polar surface area (TPSA) is 101 Å². The van der Waals surface area contributed by atoms with Crippen LogP contribution in [0.15, 0.2) is 24.3 Å². The van der Waals surface area contributed by atoms with Crippen LogP contribution in [0.25, 0.3) is 10.9 Å². The Kier molecular flexibility index (Phi) is 5.59. The Morgan fingerprint density at radius 3 is 2.31 bits per heavy atom. The maximum atomic E-state index is 13.0. The monoisotopic (exact) mass is 396 g/mol. The van der Waals surface area contributed by atoms with Crippen LogP contribution >= 0.6 is 0 Å². The predicted molar refractivity (Wildman–Crippen MR) is 108 cm³/mol. The van der Waals surface area contributed by atoms with E-state index in [0.29, 0.717) is 16.8 Å². The quantitative estimate of drug-likeness (QED) is 0.484. The van der Waals surface area contributed by atoms with E-state index in [2.05, 4.69) is 9.97 Å². The SMILES string of the molecule is CCOC(=O)c1[nH]c(C)c(C(=O)O[C@H](C)C(=O)c2c(C)[nH]c3ccccc23)c1C. The number of ketones is 1. The van der Waals surface area contributed by atoms with Crippen molar-refractivity contribution < 1.29 is 23.9 Å². The van der Waals surface area contributed by atoms with Crippen molar-refractivity contribution in [2.24, 2.45) is 0 Å². The van der Waals surface area contributed by atoms with Crippen molar-refractivity contribution in [2.75, 3.05) is 6.61 Å². The van der Waals surface area contributed by atoms with Crippen molar-refractivity contribution in [1.29, 1.82) is 0 Å². The molecule has 2 heterocycles. The zero-order valence-electron chi connectivity index (χ0n) is 17.1. The average molecular weight is 396 g/mol. The number of aromatic amines is 2. The van der Waals surface area contributed by atoms with E-state index < -0.39 is 18.0 Å². The highest BCUT2D eigenvalue weighted by atomic mass is 16.5. The lowest BCUT2D eigenvalue weighted by molar-refractivity contribution is 0.0318. The molecule has 1 atom stereocenters. The molecule has 2 N–H and O–H groups in total. The molecule has 3 aromatic rings. The maximum absolute atomic E-state index is 13.0. The van der Waals surface area contributed by atoms with Gasteiger partial charge in [0.1, 0.15) is 5.69 Å². The van der Waals surface area contributed by atoms with Gasteiger partial charge in [0.15, 0.2) is 6.10 Å². The molecular formula is C22H24N2O5. The fourth-order valence-electron chi connectivity index (χ4n) is 3.53. The van der Waals surface area contributed by atoms with Crippen LogP contribution in [0.5, 0.6) is 0 Å². The summed E-state index contributed by atoms with van der Waals surface area (Å²) in [5.41, 5.74) is 3.45. The lowest BCUT2D eigenvalue weighted by atomic mass is 10.0. The fourth-order valence-corrected chi connectivity index (χ4v) is 3.53. The molecule has 0 unspecified atom stereocenters. The zero-order valence-corrected chi connectivity index (χ0v) is 17.1. The highest BCUT2D eigenvalue weighted by Gasteiger charge is 2.28. The van der Waals surface area contributed by atoms with E-state index in [-0.39, 0.29) is 23.6 Å². The largest absolute Gasteiger partial charge is 0.461 e. The first-order chi connectivity index (χ1) is 13.8. The van der Waals surface area contributed by atoms with Crippen molar-refractivity contribution in [3.05, 3.63) is 58.0 Å². The van der Waals surface area contributed by atoms with Gasteiger partial charge in [-0.05, 0) is 46.2 Å². The summed E-state index contributed by atoms with van der Waals surface area (Å²) in [6.07, 6.45) is -0.986. The van der Waals surface area contributed by atoms with Gasteiger partial charge in [-0.1, -0.05) is 18.2 Å². The molecule has 0 spiro atoms. The predicted octanol–water partition coefficient (Wildman–Crippen LogP) is 4.03. The molecular weight excluding hydrogens is 372 g/mol. The number of hydrogen-bond acceptors (Lipinski definition) is 5. The number of fused-ring (bicyclic) bond motifs is 1. The first-order valence-electron chi connectivity index (χ1n) is 9.45. The lowest BCUT2D eigenvalue weighted by Crippen LogP contribution is -2.25. The minimum atomic E-state index is -0.986. The summed E-state index contributed by atoms with van der Waals surface area (Å²) in [4.78, 5) is 43.8. The summed E-state index contributed by atoms with van der Waals surface area (Å²) >= 11 is 0. The van der Waals surface area contributed by atoms with E-state index in [1.807, 2.05) is 31.2 Å². The van der Waals surface area contributed by atoms with E-state index >= 15 is 0 Å². The Hall–Kier alpha value is -3.35. The molecule has 0 aliphatic carbocycles. The number of rotatable bonds is 6. The number of para-hydroxylation sites is 1. The van der Waals surface area contributed by atoms with Gasteiger partial charge in [0.25, 0.3) is 0 Å². The summed E-state index contributed by atoms with van der Waals surface area (Å²) in [5, 5.41) is 0.788. The van der Waals surface area contributed by atoms with Gasteiger partial charge in [-0.2, -0.15) is 0 Å². The van der Waals surface area contributed by atoms with Crippen molar-refractivity contribution in [3.63, 3.8) is 0 Å². The number of H-pyrrole nitrogens is 2. The molecule has 0 aliphatic heterocycles. The van der Waals surface area contributed by atoms with Crippen LogP contribution in [0, 0.1) is 20.8 Å². The number of aryl methyl sites for hydroxylation is 2. The van der Waals surface area contributed by atoms with Gasteiger partial charge in [-0.15, -0.1) is 0 Å². The third-order valence-corrected chi connectivity index (χ3v) is 4.91. The molecule has 1 aromatic carbocycles. The summed E-state index contributed by atoms with van der Waals surface area (Å²) in [6, 6.07) is 7.48. The van der Waals surface area contributed by atoms with E-state index in [9.17, 15) is 14.4 Å². The summed E-state index contributed by atoms with van der Waals surface area (Å²) in [5.74, 6) is -1.49. The Balaban J connectivity index is 1.85. The summed E-state index contributed by atoms with van der Waals surface area (Å²) in [7, 11) is 0. The first-order valence-corrected chi connectivity index (χ1v) is 9.45. The Morgan fingerprint density at radius 1 is 0.966 bits per heavy atom. The third kappa shape index (κ3) is 3.68. The Labute approximate surface area is 168 Å². The number of carbonyl (C=O) groups excluding carboxylic acids is 3. The fraction of sp³-hybridized carbons (Fsp3) is 0.318. The second kappa shape index (κ2) is 7.95. The van der Waals surface area contributed by atoms with E-state index in [4.69, 9.17) is 9.47 Å². The van der Waals surface area contributed by atoms with Crippen LogP contribution in [0.4, 0.5) is 0 Å². The van der Waals surface area contributed by atoms with Crippen LogP contribution in [0.2, 0.25) is 0 Å². The Morgan fingerprint density at radius 2 is 1.62 bits per heavy atom. The zero-order chi connectivity index (χ0) is 21.3. The molecule has 0 radical (unpaired) electrons. The highest BCUT2D eigenvalue weighted by Crippen LogP contribution is 2.25. The number of aromatic nitrogens is 2. The molecule has 3 rings (SSSR count). The van der Waals surface area contributed by atoms with Crippen LogP contribution in [0.1, 0.15) is 62.0 Å². The van der Waals surface area contributed by atoms with Crippen LogP contribution < -0.4 is 0 Å². The summed E-state index contributed by atoms with van der Waals surface area (Å²) < 4.78 is 10.5. The third-order valence-electron chi connectivity index (χ3n) is 4.91. The van der Waals surface area contributed by atoms with Crippen molar-refractivity contribution in [1.82, 2.24) is 9.97 Å². The van der Waals surface area contributed by atoms with E-state index in [0.717, 1.165) is 16.6 Å². The number of hydrogen-bond donors (Lipinski definition) is 2. The molecule has 152 valence electrons. The van der Waals surface area contributed by atoms with Gasteiger partial charge in [0.05, 0.1) is 12.2 Å². The van der Waals surface area contributed by atoms with Crippen molar-refractivity contribution >= 4 is 28.6 Å². The van der Waals surface area contributed by atoms with Crippen LogP contribution in [-0.2, 0) is 9.47 Å². The molecule has 7 heteroatoms. The molecule has 0 aliphatic rings. The second-order valence-corrected chi connectivity index (χ2v) is 6.93. The summed E-state index contributed by atoms with van der Waals surface area (Å²) in [6.45, 7) is 8.61. The standard InChI is InChI=1S/C22H24N2O5/c1-6-28-22(27)19-11(2)17(12(3)24-19)21(26)29-14(5)20(25)18-13(4)23-16-10-8-7-9-15(16)18/h7-10,14,23-24H,6H2,1-5H3/t14-/m1/s1. The minimum absolute atomic E-state index is 0.211. The minimum Gasteiger partial charge on any atom is -0.461 e. The Bertz CT molecular complexity index is 1110. The second-order valence-electron chi connectivity index (χ2n) is 6.93. The molecule has 0 bridgehead atoms. The highest BCUT2D eigenvalue weighted by molar-refractivity contribution is 6.12. The van der Waals surface area contributed by atoms with Gasteiger partial charge >= 0.3 is 11.9 Å². The van der Waals surface area contributed by atoms with Gasteiger partial charge in [0.2, 0.25) is 5.78 Å². The van der Waals surface area contributed by atoms with Crippen molar-refractivity contribution in [2.45, 2.75) is 40.7 Å². The van der Waals surface area contributed by atoms with Gasteiger partial charge in [-0.3, -0.25) is 4.79 Å². The number of ether oxygens (including phenoxy) is 2. The molecule has 0 saturated carbocycles. The molecule has 0 saturated heterocycles. The van der Waals surface area contributed by atoms with Crippen LogP contribution in [0.3, 0.4) is 0 Å². The van der Waals surface area contributed by atoms with E-state index in [1.165, 1.54) is 0 Å². The number of carbonyl (C=O) groups is 3. The average Bonchev–Trinajstić information content (AvgIpc) is 3.16. The van der Waals surface area contributed by atoms with Gasteiger partial charge < -0.3 is 19.4 Å². The number of Topliss-reactive ketones (excluding diaryl/α,β-unsaturated/α-hetero) is 1. The molecule has 0 fully saturated rings. The molecule has 7 nitrogen and oxygen atoms in total. The number of nitrogens with one attached hydrogen (secondary N) is 2. The normalized spacial score (nSPS) is 12.0. The smallest absolute Gasteiger partial charge is 0.355 e. The van der Waals surface area contributed by atoms with Crippen LogP contribution in [-0.4, -0.2) is 40.4 Å².